The Hall–Kier alpha value is -0.740. The fourth-order valence-electron chi connectivity index (χ4n) is 0.666. The highest BCUT2D eigenvalue weighted by Gasteiger charge is 2.18. The van der Waals surface area contributed by atoms with Crippen molar-refractivity contribution in [3.63, 3.8) is 0 Å². The first-order chi connectivity index (χ1) is 5.46. The van der Waals surface area contributed by atoms with E-state index in [0.717, 1.165) is 0 Å². The summed E-state index contributed by atoms with van der Waals surface area (Å²) in [5.74, 6) is -2.00. The van der Waals surface area contributed by atoms with Crippen molar-refractivity contribution in [3.8, 4) is 0 Å². The van der Waals surface area contributed by atoms with E-state index in [4.69, 9.17) is 34.7 Å². The third-order valence-electron chi connectivity index (χ3n) is 1.33. The van der Waals surface area contributed by atoms with Gasteiger partial charge in [-0.1, -0.05) is 23.2 Å². The van der Waals surface area contributed by atoms with E-state index in [1.165, 1.54) is 0 Å². The minimum atomic E-state index is -0.999. The van der Waals surface area contributed by atoms with Crippen molar-refractivity contribution >= 4 is 34.6 Å². The van der Waals surface area contributed by atoms with Crippen LogP contribution in [0.15, 0.2) is 0 Å². The smallest absolute Gasteiger partial charge is 0.168 e. The summed E-state index contributed by atoms with van der Waals surface area (Å²) in [5, 5.41) is -1.09. The standard InChI is InChI=1S/C6H4Cl2F2N2/c7-1-3(9)6(12)2(8)4(10)5(1)11/h11-12H2. The molecule has 0 bridgehead atoms. The molecule has 0 aromatic heterocycles. The molecule has 0 fully saturated rings. The molecule has 12 heavy (non-hydrogen) atoms. The highest BCUT2D eigenvalue weighted by Crippen LogP contribution is 2.36. The van der Waals surface area contributed by atoms with Gasteiger partial charge in [0.15, 0.2) is 11.6 Å². The first kappa shape index (κ1) is 9.35. The molecule has 6 heteroatoms. The van der Waals surface area contributed by atoms with E-state index in [-0.39, 0.29) is 0 Å². The van der Waals surface area contributed by atoms with Crippen LogP contribution in [-0.2, 0) is 0 Å². The van der Waals surface area contributed by atoms with E-state index in [9.17, 15) is 8.78 Å². The number of halogens is 4. The molecule has 1 rings (SSSR count). The van der Waals surface area contributed by atoms with Crippen LogP contribution < -0.4 is 11.5 Å². The highest BCUT2D eigenvalue weighted by atomic mass is 35.5. The van der Waals surface area contributed by atoms with Crippen molar-refractivity contribution < 1.29 is 8.78 Å². The van der Waals surface area contributed by atoms with Gasteiger partial charge in [0, 0.05) is 0 Å². The monoisotopic (exact) mass is 212 g/mol. The molecule has 4 N–H and O–H groups in total. The minimum Gasteiger partial charge on any atom is -0.395 e. The Morgan fingerprint density at radius 3 is 1.33 bits per heavy atom. The number of benzene rings is 1. The van der Waals surface area contributed by atoms with Crippen LogP contribution in [0.3, 0.4) is 0 Å². The van der Waals surface area contributed by atoms with Crippen molar-refractivity contribution in [1.82, 2.24) is 0 Å². The molecular weight excluding hydrogens is 209 g/mol. The third kappa shape index (κ3) is 1.17. The summed E-state index contributed by atoms with van der Waals surface area (Å²) in [6.07, 6.45) is 0. The van der Waals surface area contributed by atoms with Crippen LogP contribution in [0.2, 0.25) is 10.0 Å². The number of anilines is 2. The van der Waals surface area contributed by atoms with Gasteiger partial charge in [-0.3, -0.25) is 0 Å². The van der Waals surface area contributed by atoms with Crippen LogP contribution in [0.25, 0.3) is 0 Å². The molecule has 0 aliphatic heterocycles. The fourth-order valence-corrected chi connectivity index (χ4v) is 1.04. The SMILES string of the molecule is Nc1c(F)c(Cl)c(N)c(F)c1Cl. The molecule has 0 radical (unpaired) electrons. The van der Waals surface area contributed by atoms with Gasteiger partial charge in [-0.05, 0) is 0 Å². The van der Waals surface area contributed by atoms with Gasteiger partial charge in [-0.2, -0.15) is 0 Å². The van der Waals surface area contributed by atoms with Crippen LogP contribution in [0.1, 0.15) is 0 Å². The van der Waals surface area contributed by atoms with E-state index < -0.39 is 33.1 Å². The zero-order valence-corrected chi connectivity index (χ0v) is 7.18. The Labute approximate surface area is 77.0 Å². The molecule has 0 heterocycles. The Morgan fingerprint density at radius 2 is 1.08 bits per heavy atom. The summed E-state index contributed by atoms with van der Waals surface area (Å²) in [7, 11) is 0. The number of hydrogen-bond donors (Lipinski definition) is 2. The summed E-state index contributed by atoms with van der Waals surface area (Å²) in [4.78, 5) is 0. The maximum Gasteiger partial charge on any atom is 0.168 e. The molecule has 1 aromatic rings. The minimum absolute atomic E-state index is 0.534. The van der Waals surface area contributed by atoms with Gasteiger partial charge in [-0.15, -0.1) is 0 Å². The Bertz CT molecular complexity index is 236. The molecule has 2 nitrogen and oxygen atoms in total. The lowest BCUT2D eigenvalue weighted by atomic mass is 10.2. The normalized spacial score (nSPS) is 10.3. The first-order valence-corrected chi connectivity index (χ1v) is 3.59. The quantitative estimate of drug-likeness (QED) is 0.513. The lowest BCUT2D eigenvalue weighted by Crippen LogP contribution is -2.01. The van der Waals surface area contributed by atoms with Gasteiger partial charge in [0.05, 0.1) is 11.4 Å². The number of rotatable bonds is 0. The molecular formula is C6H4Cl2F2N2. The average Bonchev–Trinajstić information content (AvgIpc) is 2.08. The lowest BCUT2D eigenvalue weighted by molar-refractivity contribution is 0.609. The molecule has 0 aliphatic rings. The molecule has 0 saturated heterocycles. The van der Waals surface area contributed by atoms with Crippen molar-refractivity contribution in [2.75, 3.05) is 11.5 Å². The lowest BCUT2D eigenvalue weighted by Gasteiger charge is -2.06. The van der Waals surface area contributed by atoms with E-state index in [1.807, 2.05) is 0 Å². The number of hydrogen-bond acceptors (Lipinski definition) is 2. The van der Waals surface area contributed by atoms with E-state index in [1.54, 1.807) is 0 Å². The molecule has 0 spiro atoms. The second-order valence-electron chi connectivity index (χ2n) is 2.08. The van der Waals surface area contributed by atoms with E-state index in [2.05, 4.69) is 0 Å². The Balaban J connectivity index is 3.60. The second kappa shape index (κ2) is 2.95. The van der Waals surface area contributed by atoms with Gasteiger partial charge in [0.1, 0.15) is 10.0 Å². The largest absolute Gasteiger partial charge is 0.395 e. The van der Waals surface area contributed by atoms with E-state index in [0.29, 0.717) is 0 Å². The number of nitrogen functional groups attached to an aromatic ring is 2. The molecule has 66 valence electrons. The van der Waals surface area contributed by atoms with Gasteiger partial charge in [0.25, 0.3) is 0 Å². The van der Waals surface area contributed by atoms with E-state index >= 15 is 0 Å². The van der Waals surface area contributed by atoms with Crippen LogP contribution in [0.5, 0.6) is 0 Å². The molecule has 0 unspecified atom stereocenters. The average molecular weight is 213 g/mol. The second-order valence-corrected chi connectivity index (χ2v) is 2.84. The van der Waals surface area contributed by atoms with Crippen molar-refractivity contribution in [1.29, 1.82) is 0 Å². The molecule has 0 aliphatic carbocycles. The summed E-state index contributed by atoms with van der Waals surface area (Å²) in [6.45, 7) is 0. The molecule has 0 saturated carbocycles. The van der Waals surface area contributed by atoms with Crippen molar-refractivity contribution in [2.45, 2.75) is 0 Å². The summed E-state index contributed by atoms with van der Waals surface area (Å²) < 4.78 is 25.7. The van der Waals surface area contributed by atoms with Gasteiger partial charge in [-0.25, -0.2) is 8.78 Å². The van der Waals surface area contributed by atoms with Gasteiger partial charge >= 0.3 is 0 Å². The molecule has 0 amide bonds. The first-order valence-electron chi connectivity index (χ1n) is 2.83. The summed E-state index contributed by atoms with van der Waals surface area (Å²) in [5.41, 5.74) is 9.06. The Morgan fingerprint density at radius 1 is 0.833 bits per heavy atom. The predicted molar refractivity (Wildman–Crippen MR) is 45.2 cm³/mol. The number of nitrogens with two attached hydrogens (primary N) is 2. The molecule has 1 aromatic carbocycles. The van der Waals surface area contributed by atoms with Crippen LogP contribution >= 0.6 is 23.2 Å². The maximum absolute atomic E-state index is 12.8. The predicted octanol–water partition coefficient (Wildman–Crippen LogP) is 2.44. The Kier molecular flexibility index (Phi) is 2.30. The summed E-state index contributed by atoms with van der Waals surface area (Å²) in [6, 6.07) is 0. The van der Waals surface area contributed by atoms with Crippen LogP contribution in [0.4, 0.5) is 20.2 Å². The summed E-state index contributed by atoms with van der Waals surface area (Å²) >= 11 is 10.6. The third-order valence-corrected chi connectivity index (χ3v) is 2.07. The van der Waals surface area contributed by atoms with Crippen molar-refractivity contribution in [2.24, 2.45) is 0 Å². The topological polar surface area (TPSA) is 52.0 Å². The maximum atomic E-state index is 12.8. The highest BCUT2D eigenvalue weighted by molar-refractivity contribution is 6.37. The van der Waals surface area contributed by atoms with Gasteiger partial charge < -0.3 is 11.5 Å². The van der Waals surface area contributed by atoms with Gasteiger partial charge in [0.2, 0.25) is 0 Å². The zero-order chi connectivity index (χ0) is 9.46. The van der Waals surface area contributed by atoms with Crippen LogP contribution in [0, 0.1) is 11.6 Å². The fraction of sp³-hybridized carbons (Fsp3) is 0. The molecule has 0 atom stereocenters. The van der Waals surface area contributed by atoms with Crippen LogP contribution in [-0.4, -0.2) is 0 Å². The van der Waals surface area contributed by atoms with Crippen molar-refractivity contribution in [3.05, 3.63) is 21.7 Å². The zero-order valence-electron chi connectivity index (χ0n) is 5.67.